The second kappa shape index (κ2) is 4.76. The van der Waals surface area contributed by atoms with Gasteiger partial charge in [-0.3, -0.25) is 10.1 Å². The number of hydrogen-bond donors (Lipinski definition) is 2. The van der Waals surface area contributed by atoms with Gasteiger partial charge in [-0.05, 0) is 5.92 Å². The molecule has 0 bridgehead atoms. The lowest BCUT2D eigenvalue weighted by Crippen LogP contribution is -2.40. The summed E-state index contributed by atoms with van der Waals surface area (Å²) in [6.07, 6.45) is 3.05. The van der Waals surface area contributed by atoms with Crippen molar-refractivity contribution in [2.24, 2.45) is 5.92 Å². The van der Waals surface area contributed by atoms with Crippen LogP contribution in [0.25, 0.3) is 0 Å². The quantitative estimate of drug-likeness (QED) is 0.734. The van der Waals surface area contributed by atoms with Crippen LogP contribution in [0.3, 0.4) is 0 Å². The van der Waals surface area contributed by atoms with Crippen LogP contribution in [0.15, 0.2) is 17.0 Å². The second-order valence-electron chi connectivity index (χ2n) is 3.47. The van der Waals surface area contributed by atoms with Crippen molar-refractivity contribution in [1.29, 1.82) is 0 Å². The molecule has 1 heterocycles. The van der Waals surface area contributed by atoms with Crippen molar-refractivity contribution in [3.05, 3.63) is 18.0 Å². The predicted molar refractivity (Wildman–Crippen MR) is 49.6 cm³/mol. The number of rotatable bonds is 5. The van der Waals surface area contributed by atoms with Gasteiger partial charge >= 0.3 is 5.97 Å². The van der Waals surface area contributed by atoms with E-state index >= 15 is 0 Å². The smallest absolute Gasteiger partial charge is 0.320 e. The molecule has 5 heteroatoms. The Kier molecular flexibility index (Phi) is 3.64. The molecule has 1 rings (SSSR count). The van der Waals surface area contributed by atoms with Gasteiger partial charge in [-0.15, -0.1) is 0 Å². The van der Waals surface area contributed by atoms with Crippen LogP contribution >= 0.6 is 0 Å². The third kappa shape index (κ3) is 2.85. The van der Waals surface area contributed by atoms with Gasteiger partial charge in [0.25, 0.3) is 0 Å². The number of aliphatic carboxylic acids is 1. The standard InChI is InChI=1S/C9H14N2O3/c1-6(2)8(9(12)13)10-3-7-4-11-14-5-7/h4-6,8,10H,3H2,1-2H3,(H,12,13). The molecule has 1 atom stereocenters. The number of nitrogens with zero attached hydrogens (tertiary/aromatic N) is 1. The lowest BCUT2D eigenvalue weighted by molar-refractivity contribution is -0.140. The first-order chi connectivity index (χ1) is 6.61. The van der Waals surface area contributed by atoms with E-state index in [2.05, 4.69) is 15.0 Å². The summed E-state index contributed by atoms with van der Waals surface area (Å²) in [5.41, 5.74) is 0.844. The molecular formula is C9H14N2O3. The average Bonchev–Trinajstić information content (AvgIpc) is 2.55. The van der Waals surface area contributed by atoms with Crippen LogP contribution in [0, 0.1) is 5.92 Å². The van der Waals surface area contributed by atoms with Gasteiger partial charge < -0.3 is 9.63 Å². The number of nitrogens with one attached hydrogen (secondary N) is 1. The summed E-state index contributed by atoms with van der Waals surface area (Å²) in [5.74, 6) is -0.788. The topological polar surface area (TPSA) is 75.4 Å². The molecular weight excluding hydrogens is 184 g/mol. The van der Waals surface area contributed by atoms with E-state index in [1.54, 1.807) is 6.20 Å². The Hall–Kier alpha value is -1.36. The summed E-state index contributed by atoms with van der Waals surface area (Å²) in [6.45, 7) is 4.18. The summed E-state index contributed by atoms with van der Waals surface area (Å²) < 4.78 is 4.63. The third-order valence-electron chi connectivity index (χ3n) is 1.94. The van der Waals surface area contributed by atoms with Crippen LogP contribution in [0.2, 0.25) is 0 Å². The van der Waals surface area contributed by atoms with Gasteiger partial charge in [0.15, 0.2) is 0 Å². The van der Waals surface area contributed by atoms with Crippen molar-refractivity contribution in [2.75, 3.05) is 0 Å². The van der Waals surface area contributed by atoms with Crippen LogP contribution in [-0.4, -0.2) is 22.3 Å². The zero-order valence-corrected chi connectivity index (χ0v) is 8.23. The first-order valence-corrected chi connectivity index (χ1v) is 4.45. The Morgan fingerprint density at radius 3 is 2.86 bits per heavy atom. The van der Waals surface area contributed by atoms with Gasteiger partial charge in [0.2, 0.25) is 0 Å². The molecule has 2 N–H and O–H groups in total. The summed E-state index contributed by atoms with van der Waals surface area (Å²) in [7, 11) is 0. The normalized spacial score (nSPS) is 13.1. The van der Waals surface area contributed by atoms with Gasteiger partial charge in [-0.1, -0.05) is 19.0 Å². The summed E-state index contributed by atoms with van der Waals surface area (Å²) >= 11 is 0. The van der Waals surface area contributed by atoms with E-state index < -0.39 is 12.0 Å². The van der Waals surface area contributed by atoms with Crippen molar-refractivity contribution in [1.82, 2.24) is 10.5 Å². The number of carboxylic acid groups (broad SMARTS) is 1. The van der Waals surface area contributed by atoms with Crippen LogP contribution in [0.5, 0.6) is 0 Å². The molecule has 14 heavy (non-hydrogen) atoms. The lowest BCUT2D eigenvalue weighted by atomic mass is 10.0. The number of hydrogen-bond acceptors (Lipinski definition) is 4. The van der Waals surface area contributed by atoms with Crippen molar-refractivity contribution >= 4 is 5.97 Å². The lowest BCUT2D eigenvalue weighted by Gasteiger charge is -2.16. The molecule has 1 unspecified atom stereocenters. The molecule has 0 saturated carbocycles. The van der Waals surface area contributed by atoms with Crippen LogP contribution < -0.4 is 5.32 Å². The zero-order valence-electron chi connectivity index (χ0n) is 8.23. The van der Waals surface area contributed by atoms with E-state index in [4.69, 9.17) is 5.11 Å². The Labute approximate surface area is 82.1 Å². The Morgan fingerprint density at radius 1 is 1.71 bits per heavy atom. The molecule has 0 fully saturated rings. The maximum absolute atomic E-state index is 10.8. The fraction of sp³-hybridized carbons (Fsp3) is 0.556. The largest absolute Gasteiger partial charge is 0.480 e. The fourth-order valence-electron chi connectivity index (χ4n) is 1.15. The van der Waals surface area contributed by atoms with Gasteiger partial charge in [0.1, 0.15) is 12.3 Å². The molecule has 0 aliphatic rings. The maximum atomic E-state index is 10.8. The van der Waals surface area contributed by atoms with Gasteiger partial charge in [0.05, 0.1) is 6.20 Å². The van der Waals surface area contributed by atoms with E-state index in [1.807, 2.05) is 13.8 Å². The molecule has 0 saturated heterocycles. The fourth-order valence-corrected chi connectivity index (χ4v) is 1.15. The summed E-state index contributed by atoms with van der Waals surface area (Å²) in [6, 6.07) is -0.537. The Balaban J connectivity index is 2.45. The second-order valence-corrected chi connectivity index (χ2v) is 3.47. The third-order valence-corrected chi connectivity index (χ3v) is 1.94. The van der Waals surface area contributed by atoms with E-state index in [0.717, 1.165) is 5.56 Å². The highest BCUT2D eigenvalue weighted by Crippen LogP contribution is 2.04. The molecule has 0 aliphatic heterocycles. The van der Waals surface area contributed by atoms with E-state index in [9.17, 15) is 4.79 Å². The van der Waals surface area contributed by atoms with Crippen LogP contribution in [-0.2, 0) is 11.3 Å². The van der Waals surface area contributed by atoms with Gasteiger partial charge in [-0.25, -0.2) is 0 Å². The minimum Gasteiger partial charge on any atom is -0.480 e. The number of aromatic nitrogens is 1. The SMILES string of the molecule is CC(C)C(NCc1cnoc1)C(=O)O. The molecule has 5 nitrogen and oxygen atoms in total. The number of carbonyl (C=O) groups is 1. The molecule has 78 valence electrons. The molecule has 0 aromatic carbocycles. The van der Waals surface area contributed by atoms with Crippen molar-refractivity contribution in [3.63, 3.8) is 0 Å². The maximum Gasteiger partial charge on any atom is 0.320 e. The highest BCUT2D eigenvalue weighted by molar-refractivity contribution is 5.73. The highest BCUT2D eigenvalue weighted by Gasteiger charge is 2.20. The van der Waals surface area contributed by atoms with Crippen molar-refractivity contribution in [3.8, 4) is 0 Å². The number of carboxylic acids is 1. The van der Waals surface area contributed by atoms with E-state index in [1.165, 1.54) is 6.26 Å². The Bertz CT molecular complexity index is 282. The van der Waals surface area contributed by atoms with Gasteiger partial charge in [0, 0.05) is 12.1 Å². The molecule has 0 aliphatic carbocycles. The molecule has 0 amide bonds. The minimum atomic E-state index is -0.837. The monoisotopic (exact) mass is 198 g/mol. The van der Waals surface area contributed by atoms with Crippen LogP contribution in [0.1, 0.15) is 19.4 Å². The van der Waals surface area contributed by atoms with Crippen LogP contribution in [0.4, 0.5) is 0 Å². The molecule has 0 radical (unpaired) electrons. The first kappa shape index (κ1) is 10.7. The first-order valence-electron chi connectivity index (χ1n) is 4.45. The summed E-state index contributed by atoms with van der Waals surface area (Å²) in [5, 5.41) is 15.3. The predicted octanol–water partition coefficient (Wildman–Crippen LogP) is 0.873. The highest BCUT2D eigenvalue weighted by atomic mass is 16.5. The molecule has 1 aromatic heterocycles. The minimum absolute atomic E-state index is 0.0485. The van der Waals surface area contributed by atoms with Gasteiger partial charge in [-0.2, -0.15) is 0 Å². The molecule has 0 spiro atoms. The van der Waals surface area contributed by atoms with E-state index in [0.29, 0.717) is 6.54 Å². The van der Waals surface area contributed by atoms with E-state index in [-0.39, 0.29) is 5.92 Å². The molecule has 1 aromatic rings. The van der Waals surface area contributed by atoms with Crippen molar-refractivity contribution < 1.29 is 14.4 Å². The Morgan fingerprint density at radius 2 is 2.43 bits per heavy atom. The van der Waals surface area contributed by atoms with Crippen molar-refractivity contribution in [2.45, 2.75) is 26.4 Å². The zero-order chi connectivity index (χ0) is 10.6. The summed E-state index contributed by atoms with van der Waals surface area (Å²) in [4.78, 5) is 10.8. The average molecular weight is 198 g/mol.